The number of amides is 3. The molecular formula is C41H46N6O5. The van der Waals surface area contributed by atoms with E-state index in [9.17, 15) is 9.90 Å². The van der Waals surface area contributed by atoms with E-state index in [0.29, 0.717) is 37.7 Å². The van der Waals surface area contributed by atoms with Gasteiger partial charge in [-0.25, -0.2) is 4.68 Å². The molecule has 0 saturated carbocycles. The molecule has 0 aliphatic carbocycles. The van der Waals surface area contributed by atoms with E-state index in [0.717, 1.165) is 16.6 Å². The van der Waals surface area contributed by atoms with Gasteiger partial charge in [0.1, 0.15) is 23.8 Å². The number of carbonyl (C=O) groups excluding carboxylic acids is 3. The average molecular weight is 703 g/mol. The Morgan fingerprint density at radius 3 is 2.27 bits per heavy atom. The third-order valence-corrected chi connectivity index (χ3v) is 11.3. The zero-order valence-corrected chi connectivity index (χ0v) is 29.6. The predicted octanol–water partition coefficient (Wildman–Crippen LogP) is 4.38. The summed E-state index contributed by atoms with van der Waals surface area (Å²) in [5.41, 5.74) is 1.10. The summed E-state index contributed by atoms with van der Waals surface area (Å²) in [6, 6.07) is 25.0. The number of nitrogens with zero attached hydrogens (tertiary/aromatic N) is 6. The number of carbonyl (C=O) groups is 3. The standard InChI is InChI=1S/C41H46N6O5/c1-4-23-44(26-30-17-11-8-12-18-30)37(49)34-35-38(50)47(31(27-48)25-29-15-9-7-10-16-29)36(41(35)22-21-40(34,6-3)52-41)39(51)45(24-5-2)28-46-33-20-14-13-19-32(33)42-43-46/h4-5,7-20,31,34-36,48H,1-2,6,21-28H2,3H3/t31-,34-,35+,36?,40+,41?/m1/s1. The monoisotopic (exact) mass is 702 g/mol. The Hall–Kier alpha value is -5.13. The van der Waals surface area contributed by atoms with Crippen LogP contribution in [0.4, 0.5) is 0 Å². The number of hydrogen-bond acceptors (Lipinski definition) is 7. The summed E-state index contributed by atoms with van der Waals surface area (Å²) in [6.45, 7) is 10.3. The highest BCUT2D eigenvalue weighted by molar-refractivity contribution is 5.99. The highest BCUT2D eigenvalue weighted by Gasteiger charge is 2.79. The lowest BCUT2D eigenvalue weighted by Gasteiger charge is -2.39. The maximum Gasteiger partial charge on any atom is 0.250 e. The first-order valence-corrected chi connectivity index (χ1v) is 18.1. The van der Waals surface area contributed by atoms with Gasteiger partial charge in [0, 0.05) is 19.6 Å². The van der Waals surface area contributed by atoms with Gasteiger partial charge in [-0.2, -0.15) is 0 Å². The number of rotatable bonds is 15. The topological polar surface area (TPSA) is 121 Å². The fourth-order valence-corrected chi connectivity index (χ4v) is 8.96. The second-order valence-corrected chi connectivity index (χ2v) is 14.2. The van der Waals surface area contributed by atoms with Crippen molar-refractivity contribution in [3.05, 3.63) is 121 Å². The Labute approximate surface area is 304 Å². The smallest absolute Gasteiger partial charge is 0.250 e. The maximum atomic E-state index is 15.3. The summed E-state index contributed by atoms with van der Waals surface area (Å²) in [5, 5.41) is 19.6. The third kappa shape index (κ3) is 5.91. The molecule has 3 fully saturated rings. The number of aromatic nitrogens is 3. The van der Waals surface area contributed by atoms with Gasteiger partial charge >= 0.3 is 0 Å². The lowest BCUT2D eigenvalue weighted by Crippen LogP contribution is -2.59. The molecule has 4 heterocycles. The van der Waals surface area contributed by atoms with Gasteiger partial charge in [0.15, 0.2) is 0 Å². The number of aliphatic hydroxyl groups excluding tert-OH is 1. The minimum Gasteiger partial charge on any atom is -0.394 e. The number of hydrogen-bond donors (Lipinski definition) is 1. The zero-order chi connectivity index (χ0) is 36.5. The van der Waals surface area contributed by atoms with E-state index in [2.05, 4.69) is 23.5 Å². The molecule has 3 saturated heterocycles. The summed E-state index contributed by atoms with van der Waals surface area (Å²) in [5.74, 6) is -2.64. The summed E-state index contributed by atoms with van der Waals surface area (Å²) in [6.07, 6.45) is 5.10. The van der Waals surface area contributed by atoms with Crippen LogP contribution in [0, 0.1) is 11.8 Å². The molecule has 1 spiro atoms. The molecule has 270 valence electrons. The van der Waals surface area contributed by atoms with Crippen molar-refractivity contribution in [2.75, 3.05) is 19.7 Å². The van der Waals surface area contributed by atoms with Gasteiger partial charge in [-0.05, 0) is 48.9 Å². The molecule has 3 aliphatic heterocycles. The number of aliphatic hydroxyl groups is 1. The molecule has 2 unspecified atom stereocenters. The molecule has 52 heavy (non-hydrogen) atoms. The Morgan fingerprint density at radius 1 is 0.942 bits per heavy atom. The Morgan fingerprint density at radius 2 is 1.60 bits per heavy atom. The molecule has 3 aliphatic rings. The Balaban J connectivity index is 1.32. The summed E-state index contributed by atoms with van der Waals surface area (Å²) >= 11 is 0. The molecule has 11 nitrogen and oxygen atoms in total. The number of benzene rings is 3. The van der Waals surface area contributed by atoms with Crippen LogP contribution in [-0.4, -0.2) is 95.5 Å². The average Bonchev–Trinajstić information content (AvgIpc) is 3.91. The van der Waals surface area contributed by atoms with Crippen LogP contribution in [0.1, 0.15) is 37.3 Å². The molecule has 4 aromatic rings. The third-order valence-electron chi connectivity index (χ3n) is 11.3. The largest absolute Gasteiger partial charge is 0.394 e. The van der Waals surface area contributed by atoms with Crippen LogP contribution >= 0.6 is 0 Å². The van der Waals surface area contributed by atoms with E-state index >= 15 is 9.59 Å². The molecule has 1 N–H and O–H groups in total. The quantitative estimate of drug-likeness (QED) is 0.183. The second-order valence-electron chi connectivity index (χ2n) is 14.2. The molecule has 3 aromatic carbocycles. The van der Waals surface area contributed by atoms with Crippen molar-refractivity contribution < 1.29 is 24.2 Å². The van der Waals surface area contributed by atoms with Crippen LogP contribution in [0.2, 0.25) is 0 Å². The van der Waals surface area contributed by atoms with E-state index in [1.165, 1.54) is 0 Å². The number of likely N-dealkylation sites (tertiary alicyclic amines) is 1. The van der Waals surface area contributed by atoms with Gasteiger partial charge in [0.25, 0.3) is 0 Å². The molecule has 3 amide bonds. The van der Waals surface area contributed by atoms with Gasteiger partial charge in [-0.1, -0.05) is 97.1 Å². The molecule has 2 bridgehead atoms. The normalized spacial score (nSPS) is 25.2. The van der Waals surface area contributed by atoms with E-state index < -0.39 is 35.1 Å². The fourth-order valence-electron chi connectivity index (χ4n) is 8.96. The van der Waals surface area contributed by atoms with Crippen molar-refractivity contribution in [3.8, 4) is 0 Å². The second kappa shape index (κ2) is 14.5. The van der Waals surface area contributed by atoms with E-state index in [-0.39, 0.29) is 44.1 Å². The first-order valence-electron chi connectivity index (χ1n) is 18.1. The molecule has 6 atom stereocenters. The fraction of sp³-hybridized carbons (Fsp3) is 0.390. The molecule has 0 radical (unpaired) electrons. The Kier molecular flexibility index (Phi) is 9.82. The number of fused-ring (bicyclic) bond motifs is 2. The van der Waals surface area contributed by atoms with Crippen molar-refractivity contribution in [3.63, 3.8) is 0 Å². The van der Waals surface area contributed by atoms with Crippen LogP contribution < -0.4 is 0 Å². The minimum atomic E-state index is -1.29. The molecule has 11 heteroatoms. The zero-order valence-electron chi connectivity index (χ0n) is 29.6. The van der Waals surface area contributed by atoms with Crippen molar-refractivity contribution in [2.45, 2.75) is 69.1 Å². The van der Waals surface area contributed by atoms with Gasteiger partial charge < -0.3 is 24.5 Å². The lowest BCUT2D eigenvalue weighted by atomic mass is 9.64. The van der Waals surface area contributed by atoms with Crippen LogP contribution in [-0.2, 0) is 38.8 Å². The predicted molar refractivity (Wildman–Crippen MR) is 196 cm³/mol. The van der Waals surface area contributed by atoms with Gasteiger partial charge in [-0.3, -0.25) is 14.4 Å². The highest BCUT2D eigenvalue weighted by atomic mass is 16.5. The minimum absolute atomic E-state index is 0.0542. The van der Waals surface area contributed by atoms with E-state index in [1.54, 1.807) is 31.5 Å². The van der Waals surface area contributed by atoms with Gasteiger partial charge in [-0.15, -0.1) is 18.3 Å². The van der Waals surface area contributed by atoms with Crippen molar-refractivity contribution in [2.24, 2.45) is 11.8 Å². The van der Waals surface area contributed by atoms with E-state index in [4.69, 9.17) is 4.74 Å². The van der Waals surface area contributed by atoms with Gasteiger partial charge in [0.2, 0.25) is 17.7 Å². The highest BCUT2D eigenvalue weighted by Crippen LogP contribution is 2.65. The van der Waals surface area contributed by atoms with Crippen molar-refractivity contribution >= 4 is 28.8 Å². The molecular weight excluding hydrogens is 656 g/mol. The SMILES string of the molecule is C=CCN(Cn1nnc2ccccc21)C(=O)C1N([C@@H](CO)Cc2ccccc2)C(=O)[C@@H]2[C@H](C(=O)N(CC=C)Cc3ccccc3)[C@]3(CC)CCC12O3. The maximum absolute atomic E-state index is 15.3. The summed E-state index contributed by atoms with van der Waals surface area (Å²) in [7, 11) is 0. The molecule has 7 rings (SSSR count). The molecule has 1 aromatic heterocycles. The van der Waals surface area contributed by atoms with Crippen LogP contribution in [0.25, 0.3) is 11.0 Å². The number of para-hydroxylation sites is 1. The van der Waals surface area contributed by atoms with Crippen LogP contribution in [0.3, 0.4) is 0 Å². The van der Waals surface area contributed by atoms with Crippen molar-refractivity contribution in [1.82, 2.24) is 29.7 Å². The van der Waals surface area contributed by atoms with Crippen LogP contribution in [0.5, 0.6) is 0 Å². The first kappa shape index (κ1) is 35.3. The van der Waals surface area contributed by atoms with Crippen molar-refractivity contribution in [1.29, 1.82) is 0 Å². The summed E-state index contributed by atoms with van der Waals surface area (Å²) in [4.78, 5) is 50.3. The Bertz CT molecular complexity index is 1950. The summed E-state index contributed by atoms with van der Waals surface area (Å²) < 4.78 is 8.78. The van der Waals surface area contributed by atoms with Crippen LogP contribution in [0.15, 0.2) is 110 Å². The first-order chi connectivity index (χ1) is 25.3. The number of ether oxygens (including phenoxy) is 1. The van der Waals surface area contributed by atoms with Gasteiger partial charge in [0.05, 0.1) is 35.6 Å². The van der Waals surface area contributed by atoms with E-state index in [1.807, 2.05) is 91.9 Å². The lowest BCUT2D eigenvalue weighted by molar-refractivity contribution is -0.159.